The zero-order valence-electron chi connectivity index (χ0n) is 15.6. The summed E-state index contributed by atoms with van der Waals surface area (Å²) in [6.45, 7) is 0. The van der Waals surface area contributed by atoms with E-state index in [1.807, 2.05) is 6.07 Å². The number of rotatable bonds is 9. The summed E-state index contributed by atoms with van der Waals surface area (Å²) in [4.78, 5) is 23.4. The highest BCUT2D eigenvalue weighted by Gasteiger charge is 2.40. The monoisotopic (exact) mass is 438 g/mol. The van der Waals surface area contributed by atoms with Gasteiger partial charge in [-0.2, -0.15) is 30.0 Å². The molecule has 2 aromatic heterocycles. The fraction of sp³-hybridized carbons (Fsp3) is 0.250. The molecule has 6 nitrogen and oxygen atoms in total. The Morgan fingerprint density at radius 1 is 1.17 bits per heavy atom. The molecule has 0 unspecified atom stereocenters. The predicted molar refractivity (Wildman–Crippen MR) is 104 cm³/mol. The minimum atomic E-state index is -4.80. The Morgan fingerprint density at radius 3 is 2.50 bits per heavy atom. The maximum absolute atomic E-state index is 13.7. The molecule has 0 saturated carbocycles. The van der Waals surface area contributed by atoms with Crippen LogP contribution in [0, 0.1) is 0 Å². The summed E-state index contributed by atoms with van der Waals surface area (Å²) in [7, 11) is 0. The maximum Gasteiger partial charge on any atom is 0.434 e. The fourth-order valence-corrected chi connectivity index (χ4v) is 3.66. The van der Waals surface area contributed by atoms with E-state index in [0.29, 0.717) is 22.6 Å². The van der Waals surface area contributed by atoms with Gasteiger partial charge in [-0.1, -0.05) is 0 Å². The van der Waals surface area contributed by atoms with Gasteiger partial charge in [0.2, 0.25) is 0 Å². The summed E-state index contributed by atoms with van der Waals surface area (Å²) in [5.74, 6) is 0.173. The number of ketones is 1. The lowest BCUT2D eigenvalue weighted by molar-refractivity contribution is -0.143. The third-order valence-corrected chi connectivity index (χ3v) is 5.28. The molecule has 3 rings (SSSR count). The van der Waals surface area contributed by atoms with Crippen molar-refractivity contribution in [1.82, 2.24) is 9.78 Å². The van der Waals surface area contributed by atoms with Crippen LogP contribution in [-0.2, 0) is 11.9 Å². The molecule has 0 aliphatic heterocycles. The molecule has 0 aliphatic rings. The number of hydrogen-bond donors (Lipinski definition) is 1. The molecule has 0 radical (unpaired) electrons. The topological polar surface area (TPSA) is 85.3 Å². The number of halogens is 3. The summed E-state index contributed by atoms with van der Waals surface area (Å²) in [6, 6.07) is 8.38. The number of Topliss-reactive ketones (excluding diaryl/α,β-unsaturated/α-hetero) is 1. The van der Waals surface area contributed by atoms with Gasteiger partial charge in [-0.05, 0) is 48.6 Å². The lowest BCUT2D eigenvalue weighted by Crippen LogP contribution is -2.17. The van der Waals surface area contributed by atoms with Crippen LogP contribution in [0.5, 0.6) is 0 Å². The van der Waals surface area contributed by atoms with Crippen LogP contribution >= 0.6 is 11.8 Å². The number of alkyl halides is 3. The van der Waals surface area contributed by atoms with E-state index in [1.165, 1.54) is 36.0 Å². The maximum atomic E-state index is 13.7. The Labute approximate surface area is 173 Å². The van der Waals surface area contributed by atoms with E-state index < -0.39 is 29.2 Å². The molecule has 0 bridgehead atoms. The number of aromatic nitrogens is 2. The number of thioether (sulfide) groups is 1. The standard InChI is InChI=1S/C20H17F3N2O4S/c21-20(22,23)18-16(17(26)4-2-10-30-12-15-3-1-9-29-15)11-24-25(18)14-7-5-13(6-8-14)19(27)28/h1,3,5-9,11H,2,4,10,12H2,(H,27,28). The molecular weight excluding hydrogens is 421 g/mol. The zero-order valence-corrected chi connectivity index (χ0v) is 16.4. The van der Waals surface area contributed by atoms with Crippen molar-refractivity contribution in [3.63, 3.8) is 0 Å². The Morgan fingerprint density at radius 2 is 1.90 bits per heavy atom. The SMILES string of the molecule is O=C(O)c1ccc(-n2ncc(C(=O)CCCSCc3ccco3)c2C(F)(F)F)cc1. The van der Waals surface area contributed by atoms with Gasteiger partial charge in [-0.3, -0.25) is 4.79 Å². The Hall–Kier alpha value is -3.01. The number of nitrogens with zero attached hydrogens (tertiary/aromatic N) is 2. The quantitative estimate of drug-likeness (QED) is 0.371. The summed E-state index contributed by atoms with van der Waals surface area (Å²) in [6.07, 6.45) is -1.96. The van der Waals surface area contributed by atoms with Gasteiger partial charge in [-0.25, -0.2) is 9.48 Å². The summed E-state index contributed by atoms with van der Waals surface area (Å²) < 4.78 is 46.8. The van der Waals surface area contributed by atoms with Gasteiger partial charge in [0.05, 0.1) is 35.0 Å². The summed E-state index contributed by atoms with van der Waals surface area (Å²) in [5, 5.41) is 12.7. The molecule has 1 aromatic carbocycles. The fourth-order valence-electron chi connectivity index (χ4n) is 2.80. The van der Waals surface area contributed by atoms with Crippen molar-refractivity contribution in [2.24, 2.45) is 0 Å². The van der Waals surface area contributed by atoms with Crippen molar-refractivity contribution in [2.75, 3.05) is 5.75 Å². The normalized spacial score (nSPS) is 11.6. The molecule has 0 amide bonds. The zero-order chi connectivity index (χ0) is 21.7. The predicted octanol–water partition coefficient (Wildman–Crippen LogP) is 5.08. The molecule has 0 atom stereocenters. The number of furan rings is 1. The van der Waals surface area contributed by atoms with Crippen LogP contribution in [0.4, 0.5) is 13.2 Å². The molecule has 0 aliphatic carbocycles. The minimum Gasteiger partial charge on any atom is -0.478 e. The molecule has 0 saturated heterocycles. The number of carboxylic acid groups (broad SMARTS) is 1. The average molecular weight is 438 g/mol. The number of aromatic carboxylic acids is 1. The van der Waals surface area contributed by atoms with Gasteiger partial charge in [0.25, 0.3) is 0 Å². The first-order valence-corrected chi connectivity index (χ1v) is 10.0. The highest BCUT2D eigenvalue weighted by atomic mass is 32.2. The van der Waals surface area contributed by atoms with Crippen molar-refractivity contribution in [2.45, 2.75) is 24.8 Å². The number of carbonyl (C=O) groups excluding carboxylic acids is 1. The van der Waals surface area contributed by atoms with Gasteiger partial charge in [0, 0.05) is 6.42 Å². The van der Waals surface area contributed by atoms with Crippen LogP contribution in [-0.4, -0.2) is 32.4 Å². The largest absolute Gasteiger partial charge is 0.478 e. The van der Waals surface area contributed by atoms with Crippen molar-refractivity contribution in [1.29, 1.82) is 0 Å². The van der Waals surface area contributed by atoms with Gasteiger partial charge >= 0.3 is 12.1 Å². The number of carbonyl (C=O) groups is 2. The van der Waals surface area contributed by atoms with E-state index in [4.69, 9.17) is 9.52 Å². The minimum absolute atomic E-state index is 0.0142. The van der Waals surface area contributed by atoms with Crippen molar-refractivity contribution >= 4 is 23.5 Å². The molecule has 3 aromatic rings. The second-order valence-electron chi connectivity index (χ2n) is 6.33. The Balaban J connectivity index is 1.71. The van der Waals surface area contributed by atoms with Gasteiger partial charge in [0.1, 0.15) is 5.76 Å². The third-order valence-electron chi connectivity index (χ3n) is 4.21. The third kappa shape index (κ3) is 5.12. The molecule has 30 heavy (non-hydrogen) atoms. The second kappa shape index (κ2) is 9.21. The molecule has 1 N–H and O–H groups in total. The highest BCUT2D eigenvalue weighted by molar-refractivity contribution is 7.98. The van der Waals surface area contributed by atoms with Gasteiger partial charge in [0.15, 0.2) is 11.5 Å². The van der Waals surface area contributed by atoms with Crippen LogP contribution in [0.15, 0.2) is 53.3 Å². The summed E-state index contributed by atoms with van der Waals surface area (Å²) in [5.41, 5.74) is -1.72. The number of hydrogen-bond acceptors (Lipinski definition) is 5. The first-order valence-electron chi connectivity index (χ1n) is 8.89. The lowest BCUT2D eigenvalue weighted by atomic mass is 10.1. The van der Waals surface area contributed by atoms with Gasteiger partial charge in [-0.15, -0.1) is 0 Å². The first-order chi connectivity index (χ1) is 14.3. The van der Waals surface area contributed by atoms with Crippen LogP contribution in [0.1, 0.15) is 45.0 Å². The van der Waals surface area contributed by atoms with Crippen LogP contribution < -0.4 is 0 Å². The highest BCUT2D eigenvalue weighted by Crippen LogP contribution is 2.34. The van der Waals surface area contributed by atoms with Crippen molar-refractivity contribution < 1.29 is 32.3 Å². The van der Waals surface area contributed by atoms with E-state index in [0.717, 1.165) is 12.0 Å². The van der Waals surface area contributed by atoms with E-state index in [1.54, 1.807) is 12.3 Å². The van der Waals surface area contributed by atoms with E-state index in [-0.39, 0.29) is 17.7 Å². The Bertz CT molecular complexity index is 1010. The molecular formula is C20H17F3N2O4S. The molecule has 0 spiro atoms. The van der Waals surface area contributed by atoms with Crippen molar-refractivity contribution in [3.8, 4) is 5.69 Å². The number of carboxylic acids is 1. The number of benzene rings is 1. The Kier molecular flexibility index (Phi) is 6.66. The average Bonchev–Trinajstić information content (AvgIpc) is 3.37. The van der Waals surface area contributed by atoms with E-state index in [9.17, 15) is 22.8 Å². The smallest absolute Gasteiger partial charge is 0.434 e. The molecule has 10 heteroatoms. The van der Waals surface area contributed by atoms with Crippen molar-refractivity contribution in [3.05, 3.63) is 71.4 Å². The first kappa shape index (κ1) is 21.7. The molecule has 0 fully saturated rings. The molecule has 158 valence electrons. The van der Waals surface area contributed by atoms with Crippen LogP contribution in [0.3, 0.4) is 0 Å². The summed E-state index contributed by atoms with van der Waals surface area (Å²) >= 11 is 1.53. The van der Waals surface area contributed by atoms with E-state index >= 15 is 0 Å². The van der Waals surface area contributed by atoms with E-state index in [2.05, 4.69) is 5.10 Å². The second-order valence-corrected chi connectivity index (χ2v) is 7.43. The van der Waals surface area contributed by atoms with Crippen LogP contribution in [0.2, 0.25) is 0 Å². The molecule has 2 heterocycles. The van der Waals surface area contributed by atoms with Crippen LogP contribution in [0.25, 0.3) is 5.69 Å². The van der Waals surface area contributed by atoms with Gasteiger partial charge < -0.3 is 9.52 Å². The lowest BCUT2D eigenvalue weighted by Gasteiger charge is -2.12.